The average molecular weight is 1310 g/mol. The zero-order valence-electron chi connectivity index (χ0n) is 55.7. The van der Waals surface area contributed by atoms with E-state index in [9.17, 15) is 61.0 Å². The molecule has 0 aromatic rings. The summed E-state index contributed by atoms with van der Waals surface area (Å²) < 4.78 is 34.2. The van der Waals surface area contributed by atoms with Gasteiger partial charge in [0.2, 0.25) is 5.91 Å². The van der Waals surface area contributed by atoms with Crippen LogP contribution in [0.4, 0.5) is 0 Å². The monoisotopic (exact) mass is 1310 g/mol. The highest BCUT2D eigenvalue weighted by Crippen LogP contribution is 2.33. The molecular formula is C74H119NO18. The molecule has 3 saturated heterocycles. The fourth-order valence-electron chi connectivity index (χ4n) is 10.5. The third-order valence-electron chi connectivity index (χ3n) is 16.1. The van der Waals surface area contributed by atoms with Crippen molar-refractivity contribution in [2.75, 3.05) is 26.4 Å². The van der Waals surface area contributed by atoms with Crippen molar-refractivity contribution < 1.29 is 89.4 Å². The predicted molar refractivity (Wildman–Crippen MR) is 364 cm³/mol. The minimum absolute atomic E-state index is 0.210. The smallest absolute Gasteiger partial charge is 0.220 e. The summed E-state index contributed by atoms with van der Waals surface area (Å²) in [7, 11) is 0. The maximum absolute atomic E-state index is 13.3. The standard InChI is InChI=1S/C74H119NO18/c1-3-5-7-9-11-13-14-15-16-17-18-19-20-21-22-23-24-25-26-27-28-29-30-31-32-33-34-35-36-37-38-39-40-41-42-44-46-48-50-52-62(80)75-57(58(79)51-49-47-45-43-12-10-8-6-4-2)56-88-72-68(86)65(83)70(60(54-77)90-72)93-74-69(87)66(84)71(61(55-78)91-74)92-73-67(85)64(82)63(81)59(53-76)89-73/h5,7,11,13,15-16,18-19,21-22,24-25,27-28,30-31,33-34,36-37,39-40,49,51,57-61,63-74,76-79,81-87H,3-4,6,8-10,12,14,17,20,23,26,29,32,35,38,41-48,50,52-56H2,1-2H3,(H,75,80)/b7-5-,13-11-,16-15-,19-18-,22-21-,25-24-,28-27-,31-30-,34-33-,37-36-,40-39-,51-49+. The van der Waals surface area contributed by atoms with Crippen LogP contribution in [0.3, 0.4) is 0 Å². The highest BCUT2D eigenvalue weighted by atomic mass is 16.8. The number of carbonyl (C=O) groups excluding carboxylic acids is 1. The molecule has 19 heteroatoms. The number of unbranched alkanes of at least 4 members (excludes halogenated alkanes) is 12. The van der Waals surface area contributed by atoms with Gasteiger partial charge in [0.15, 0.2) is 18.9 Å². The van der Waals surface area contributed by atoms with Crippen LogP contribution in [-0.4, -0.2) is 193 Å². The number of carbonyl (C=O) groups is 1. The molecule has 1 amide bonds. The third kappa shape index (κ3) is 35.5. The molecule has 3 rings (SSSR count). The van der Waals surface area contributed by atoms with Crippen molar-refractivity contribution >= 4 is 5.91 Å². The highest BCUT2D eigenvalue weighted by Gasteiger charge is 2.53. The first-order chi connectivity index (χ1) is 45.3. The first-order valence-corrected chi connectivity index (χ1v) is 34.6. The van der Waals surface area contributed by atoms with Crippen molar-refractivity contribution in [2.45, 2.75) is 285 Å². The van der Waals surface area contributed by atoms with Gasteiger partial charge >= 0.3 is 0 Å². The largest absolute Gasteiger partial charge is 0.394 e. The summed E-state index contributed by atoms with van der Waals surface area (Å²) in [4.78, 5) is 13.3. The fraction of sp³-hybridized carbons (Fsp3) is 0.662. The maximum atomic E-state index is 13.3. The van der Waals surface area contributed by atoms with E-state index in [4.69, 9.17) is 28.4 Å². The van der Waals surface area contributed by atoms with Crippen LogP contribution >= 0.6 is 0 Å². The Balaban J connectivity index is 1.34. The Morgan fingerprint density at radius 2 is 0.742 bits per heavy atom. The minimum atomic E-state index is -1.99. The van der Waals surface area contributed by atoms with Crippen LogP contribution in [0.25, 0.3) is 0 Å². The number of aliphatic hydroxyl groups excluding tert-OH is 11. The van der Waals surface area contributed by atoms with Crippen LogP contribution in [0, 0.1) is 0 Å². The Morgan fingerprint density at radius 1 is 0.398 bits per heavy atom. The van der Waals surface area contributed by atoms with Crippen LogP contribution in [0.1, 0.15) is 181 Å². The van der Waals surface area contributed by atoms with Crippen LogP contribution in [-0.2, 0) is 33.2 Å². The van der Waals surface area contributed by atoms with Gasteiger partial charge in [-0.1, -0.05) is 217 Å². The van der Waals surface area contributed by atoms with Crippen molar-refractivity contribution in [1.82, 2.24) is 5.32 Å². The molecule has 3 heterocycles. The molecule has 3 aliphatic rings. The van der Waals surface area contributed by atoms with Gasteiger partial charge < -0.3 is 89.9 Å². The molecule has 0 radical (unpaired) electrons. The lowest BCUT2D eigenvalue weighted by atomic mass is 9.96. The first-order valence-electron chi connectivity index (χ1n) is 34.6. The predicted octanol–water partition coefficient (Wildman–Crippen LogP) is 9.15. The Hall–Kier alpha value is -4.33. The van der Waals surface area contributed by atoms with E-state index in [-0.39, 0.29) is 18.9 Å². The zero-order valence-corrected chi connectivity index (χ0v) is 55.7. The Labute approximate surface area is 555 Å². The molecule has 93 heavy (non-hydrogen) atoms. The second-order valence-electron chi connectivity index (χ2n) is 23.9. The van der Waals surface area contributed by atoms with Gasteiger partial charge in [0.1, 0.15) is 73.2 Å². The lowest BCUT2D eigenvalue weighted by Crippen LogP contribution is -2.66. The van der Waals surface area contributed by atoms with Crippen LogP contribution < -0.4 is 5.32 Å². The number of hydrogen-bond donors (Lipinski definition) is 12. The molecular weight excluding hydrogens is 1190 g/mol. The Bertz CT molecular complexity index is 2250. The number of hydrogen-bond acceptors (Lipinski definition) is 18. The molecule has 0 spiro atoms. The number of aliphatic hydroxyl groups is 11. The van der Waals surface area contributed by atoms with Crippen LogP contribution in [0.15, 0.2) is 146 Å². The fourth-order valence-corrected chi connectivity index (χ4v) is 10.5. The SMILES string of the molecule is CC/C=C\C/C=C\C/C=C\C/C=C\C/C=C\C/C=C\C/C=C\C/C=C\C/C=C\C/C=C\C/C=C\CCCCCCCC(=O)NC(COC1OC(CO)C(OC2OC(CO)C(OC3OC(CO)C(O)C(O)C3O)C(O)C2O)C(O)C1O)C(O)/C=C/CCCCCCCCC. The second kappa shape index (κ2) is 53.8. The first kappa shape index (κ1) is 82.9. The van der Waals surface area contributed by atoms with Crippen molar-refractivity contribution in [3.05, 3.63) is 146 Å². The van der Waals surface area contributed by atoms with Crippen LogP contribution in [0.2, 0.25) is 0 Å². The zero-order chi connectivity index (χ0) is 67.5. The van der Waals surface area contributed by atoms with E-state index in [2.05, 4.69) is 153 Å². The van der Waals surface area contributed by atoms with Gasteiger partial charge in [-0.05, 0) is 103 Å². The highest BCUT2D eigenvalue weighted by molar-refractivity contribution is 5.76. The summed E-state index contributed by atoms with van der Waals surface area (Å²) in [6.45, 7) is 1.52. The van der Waals surface area contributed by atoms with E-state index >= 15 is 0 Å². The molecule has 17 atom stereocenters. The van der Waals surface area contributed by atoms with Gasteiger partial charge in [0.05, 0.1) is 38.6 Å². The topological polar surface area (TPSA) is 307 Å². The molecule has 0 aliphatic carbocycles. The minimum Gasteiger partial charge on any atom is -0.394 e. The van der Waals surface area contributed by atoms with E-state index in [1.54, 1.807) is 6.08 Å². The van der Waals surface area contributed by atoms with Crippen molar-refractivity contribution in [2.24, 2.45) is 0 Å². The van der Waals surface area contributed by atoms with Gasteiger partial charge in [0, 0.05) is 6.42 Å². The van der Waals surface area contributed by atoms with E-state index in [1.165, 1.54) is 25.7 Å². The molecule has 19 nitrogen and oxygen atoms in total. The summed E-state index contributed by atoms with van der Waals surface area (Å²) in [5.74, 6) is -0.305. The van der Waals surface area contributed by atoms with Crippen LogP contribution in [0.5, 0.6) is 0 Å². The number of ether oxygens (including phenoxy) is 6. The second-order valence-corrected chi connectivity index (χ2v) is 23.9. The van der Waals surface area contributed by atoms with E-state index in [0.29, 0.717) is 6.42 Å². The quantitative estimate of drug-likeness (QED) is 0.0199. The summed E-state index contributed by atoms with van der Waals surface area (Å²) in [6.07, 6.45) is 50.0. The molecule has 0 aromatic heterocycles. The van der Waals surface area contributed by atoms with Gasteiger partial charge in [-0.3, -0.25) is 4.79 Å². The van der Waals surface area contributed by atoms with Gasteiger partial charge in [-0.2, -0.15) is 0 Å². The van der Waals surface area contributed by atoms with E-state index in [0.717, 1.165) is 128 Å². The summed E-state index contributed by atoms with van der Waals surface area (Å²) in [6, 6.07) is -0.992. The van der Waals surface area contributed by atoms with Gasteiger partial charge in [0.25, 0.3) is 0 Å². The molecule has 0 saturated carbocycles. The Morgan fingerprint density at radius 3 is 1.16 bits per heavy atom. The van der Waals surface area contributed by atoms with Gasteiger partial charge in [-0.15, -0.1) is 0 Å². The molecule has 3 aliphatic heterocycles. The van der Waals surface area contributed by atoms with Crippen molar-refractivity contribution in [3.63, 3.8) is 0 Å². The average Bonchev–Trinajstić information content (AvgIpc) is 0.828. The Kier molecular flexibility index (Phi) is 47.9. The number of amides is 1. The van der Waals surface area contributed by atoms with E-state index in [1.807, 2.05) is 6.08 Å². The molecule has 3 fully saturated rings. The number of nitrogens with one attached hydrogen (secondary N) is 1. The molecule has 17 unspecified atom stereocenters. The lowest BCUT2D eigenvalue weighted by molar-refractivity contribution is -0.379. The third-order valence-corrected chi connectivity index (χ3v) is 16.1. The summed E-state index contributed by atoms with van der Waals surface area (Å²) >= 11 is 0. The molecule has 0 bridgehead atoms. The number of rotatable bonds is 50. The maximum Gasteiger partial charge on any atom is 0.220 e. The van der Waals surface area contributed by atoms with E-state index < -0.39 is 124 Å². The molecule has 12 N–H and O–H groups in total. The summed E-state index contributed by atoms with van der Waals surface area (Å²) in [5.41, 5.74) is 0. The van der Waals surface area contributed by atoms with Gasteiger partial charge in [-0.25, -0.2) is 0 Å². The number of allylic oxidation sites excluding steroid dienone is 23. The molecule has 528 valence electrons. The molecule has 0 aromatic carbocycles. The normalized spacial score (nSPS) is 28.5. The summed E-state index contributed by atoms with van der Waals surface area (Å²) in [5, 5.41) is 120. The van der Waals surface area contributed by atoms with Crippen molar-refractivity contribution in [1.29, 1.82) is 0 Å². The van der Waals surface area contributed by atoms with Crippen molar-refractivity contribution in [3.8, 4) is 0 Å². The lowest BCUT2D eigenvalue weighted by Gasteiger charge is -2.48.